The quantitative estimate of drug-likeness (QED) is 0.289. The summed E-state index contributed by atoms with van der Waals surface area (Å²) in [5.41, 5.74) is 13.7. The van der Waals surface area contributed by atoms with Gasteiger partial charge in [-0.25, -0.2) is 0 Å². The van der Waals surface area contributed by atoms with E-state index in [1.165, 1.54) is 55.6 Å². The summed E-state index contributed by atoms with van der Waals surface area (Å²) in [6.45, 7) is 9.31. The second kappa shape index (κ2) is 8.24. The van der Waals surface area contributed by atoms with E-state index in [2.05, 4.69) is 137 Å². The molecule has 4 aromatic carbocycles. The molecule has 6 rings (SSSR count). The first-order chi connectivity index (χ1) is 17.0. The molecule has 0 saturated heterocycles. The van der Waals surface area contributed by atoms with Gasteiger partial charge in [0.1, 0.15) is 0 Å². The Kier molecular flexibility index (Phi) is 5.15. The van der Waals surface area contributed by atoms with E-state index in [0.717, 1.165) is 0 Å². The van der Waals surface area contributed by atoms with Crippen LogP contribution in [0.2, 0.25) is 0 Å². The lowest BCUT2D eigenvalue weighted by Crippen LogP contribution is -2.26. The van der Waals surface area contributed by atoms with Crippen molar-refractivity contribution in [2.45, 2.75) is 39.5 Å². The van der Waals surface area contributed by atoms with Gasteiger partial charge in [-0.2, -0.15) is 0 Å². The van der Waals surface area contributed by atoms with E-state index >= 15 is 0 Å². The molecule has 2 unspecified atom stereocenters. The molecule has 4 aromatic rings. The highest BCUT2D eigenvalue weighted by molar-refractivity contribution is 5.84. The van der Waals surface area contributed by atoms with Crippen LogP contribution in [0.15, 0.2) is 97.1 Å². The number of benzene rings is 4. The zero-order valence-electron chi connectivity index (χ0n) is 21.0. The monoisotopic (exact) mass is 452 g/mol. The van der Waals surface area contributed by atoms with Crippen molar-refractivity contribution in [3.05, 3.63) is 130 Å². The fraction of sp³-hybridized carbons (Fsp3) is 0.200. The van der Waals surface area contributed by atoms with Crippen LogP contribution in [-0.4, -0.2) is 0 Å². The molecular formula is C35H32. The Morgan fingerprint density at radius 1 is 0.486 bits per heavy atom. The Hall–Kier alpha value is -3.64. The van der Waals surface area contributed by atoms with Crippen molar-refractivity contribution in [1.29, 1.82) is 0 Å². The van der Waals surface area contributed by atoms with Crippen molar-refractivity contribution in [2.75, 3.05) is 0 Å². The molecule has 0 aromatic heterocycles. The van der Waals surface area contributed by atoms with Crippen LogP contribution in [0.3, 0.4) is 0 Å². The maximum atomic E-state index is 2.45. The van der Waals surface area contributed by atoms with Gasteiger partial charge in [0.05, 0.1) is 0 Å². The minimum Gasteiger partial charge on any atom is -0.0758 e. The smallest absolute Gasteiger partial charge is 0.00875 e. The van der Waals surface area contributed by atoms with Gasteiger partial charge in [-0.3, -0.25) is 0 Å². The SMILES string of the molecule is Cc1ccccc1-c1cccc2c1C=CC2C(C)(C)C1C=Cc2c(-c3ccccc3C)cccc21. The zero-order chi connectivity index (χ0) is 24.2. The van der Waals surface area contributed by atoms with Gasteiger partial charge in [0.25, 0.3) is 0 Å². The summed E-state index contributed by atoms with van der Waals surface area (Å²) >= 11 is 0. The molecule has 2 atom stereocenters. The molecule has 2 aliphatic carbocycles. The number of hydrogen-bond acceptors (Lipinski definition) is 0. The second-order valence-electron chi connectivity index (χ2n) is 10.7. The minimum atomic E-state index is 0.0399. The average molecular weight is 453 g/mol. The van der Waals surface area contributed by atoms with Crippen LogP contribution in [0, 0.1) is 19.3 Å². The molecule has 0 amide bonds. The summed E-state index contributed by atoms with van der Waals surface area (Å²) in [6, 6.07) is 31.2. The summed E-state index contributed by atoms with van der Waals surface area (Å²) in [5.74, 6) is 0.730. The molecule has 0 spiro atoms. The van der Waals surface area contributed by atoms with Crippen molar-refractivity contribution in [3.63, 3.8) is 0 Å². The number of rotatable bonds is 4. The maximum absolute atomic E-state index is 2.45. The van der Waals surface area contributed by atoms with Crippen molar-refractivity contribution in [3.8, 4) is 22.3 Å². The second-order valence-corrected chi connectivity index (χ2v) is 10.7. The predicted octanol–water partition coefficient (Wildman–Crippen LogP) is 9.58. The standard InChI is InChI=1S/C35H32/c1-23-11-5-7-13-25(23)27-15-9-17-31-29(27)19-21-33(31)35(3,4)34-22-20-30-28(16-10-18-32(30)34)26-14-8-6-12-24(26)2/h5-22,33-34H,1-4H3. The number of fused-ring (bicyclic) bond motifs is 2. The highest BCUT2D eigenvalue weighted by atomic mass is 14.4. The lowest BCUT2D eigenvalue weighted by atomic mass is 9.66. The molecule has 35 heavy (non-hydrogen) atoms. The largest absolute Gasteiger partial charge is 0.0758 e. The van der Waals surface area contributed by atoms with E-state index in [4.69, 9.17) is 0 Å². The lowest BCUT2D eigenvalue weighted by Gasteiger charge is -2.37. The third kappa shape index (κ3) is 3.43. The van der Waals surface area contributed by atoms with Crippen molar-refractivity contribution < 1.29 is 0 Å². The van der Waals surface area contributed by atoms with Gasteiger partial charge >= 0.3 is 0 Å². The summed E-state index contributed by atoms with van der Waals surface area (Å²) in [6.07, 6.45) is 9.63. The van der Waals surface area contributed by atoms with Crippen LogP contribution in [-0.2, 0) is 0 Å². The zero-order valence-corrected chi connectivity index (χ0v) is 21.0. The number of allylic oxidation sites excluding steroid dienone is 2. The molecule has 0 saturated carbocycles. The average Bonchev–Trinajstić information content (AvgIpc) is 3.50. The normalized spacial score (nSPS) is 18.1. The lowest BCUT2D eigenvalue weighted by molar-refractivity contribution is 0.292. The molecule has 0 heteroatoms. The van der Waals surface area contributed by atoms with Gasteiger partial charge in [0, 0.05) is 11.8 Å². The summed E-state index contributed by atoms with van der Waals surface area (Å²) in [4.78, 5) is 0. The van der Waals surface area contributed by atoms with E-state index in [1.54, 1.807) is 0 Å². The highest BCUT2D eigenvalue weighted by Gasteiger charge is 2.41. The molecule has 0 fully saturated rings. The van der Waals surface area contributed by atoms with Crippen LogP contribution in [0.5, 0.6) is 0 Å². The van der Waals surface area contributed by atoms with Crippen LogP contribution in [0.4, 0.5) is 0 Å². The summed E-state index contributed by atoms with van der Waals surface area (Å²) in [7, 11) is 0. The van der Waals surface area contributed by atoms with Crippen LogP contribution in [0.1, 0.15) is 59.1 Å². The fourth-order valence-corrected chi connectivity index (χ4v) is 6.38. The Bertz CT molecular complexity index is 1380. The third-order valence-corrected chi connectivity index (χ3v) is 8.33. The molecule has 0 heterocycles. The van der Waals surface area contributed by atoms with Gasteiger partial charge in [-0.15, -0.1) is 0 Å². The van der Waals surface area contributed by atoms with Crippen molar-refractivity contribution in [1.82, 2.24) is 0 Å². The summed E-state index contributed by atoms with van der Waals surface area (Å²) in [5, 5.41) is 0. The van der Waals surface area contributed by atoms with Gasteiger partial charge in [-0.1, -0.05) is 123 Å². The Morgan fingerprint density at radius 2 is 0.886 bits per heavy atom. The first-order valence-corrected chi connectivity index (χ1v) is 12.7. The summed E-state index contributed by atoms with van der Waals surface area (Å²) < 4.78 is 0. The van der Waals surface area contributed by atoms with Gasteiger partial charge in [-0.05, 0) is 74.9 Å². The first-order valence-electron chi connectivity index (χ1n) is 12.7. The molecular weight excluding hydrogens is 420 g/mol. The minimum absolute atomic E-state index is 0.0399. The van der Waals surface area contributed by atoms with Crippen molar-refractivity contribution >= 4 is 12.2 Å². The van der Waals surface area contributed by atoms with E-state index < -0.39 is 0 Å². The maximum Gasteiger partial charge on any atom is 0.00875 e. The number of aryl methyl sites for hydroxylation is 2. The van der Waals surface area contributed by atoms with Gasteiger partial charge in [0.2, 0.25) is 0 Å². The van der Waals surface area contributed by atoms with Crippen LogP contribution >= 0.6 is 0 Å². The Morgan fingerprint density at radius 3 is 1.31 bits per heavy atom. The Labute approximate surface area is 209 Å². The third-order valence-electron chi connectivity index (χ3n) is 8.33. The molecule has 0 bridgehead atoms. The van der Waals surface area contributed by atoms with E-state index in [0.29, 0.717) is 11.8 Å². The van der Waals surface area contributed by atoms with Gasteiger partial charge < -0.3 is 0 Å². The van der Waals surface area contributed by atoms with Crippen LogP contribution in [0.25, 0.3) is 34.4 Å². The Balaban J connectivity index is 1.41. The molecule has 0 radical (unpaired) electrons. The van der Waals surface area contributed by atoms with Crippen LogP contribution < -0.4 is 0 Å². The van der Waals surface area contributed by atoms with E-state index in [9.17, 15) is 0 Å². The first kappa shape index (κ1) is 21.9. The topological polar surface area (TPSA) is 0 Å². The van der Waals surface area contributed by atoms with E-state index in [-0.39, 0.29) is 5.41 Å². The molecule has 0 N–H and O–H groups in total. The fourth-order valence-electron chi connectivity index (χ4n) is 6.38. The molecule has 2 aliphatic rings. The number of hydrogen-bond donors (Lipinski definition) is 0. The molecule has 0 nitrogen and oxygen atoms in total. The predicted molar refractivity (Wildman–Crippen MR) is 151 cm³/mol. The highest BCUT2D eigenvalue weighted by Crippen LogP contribution is 2.55. The molecule has 172 valence electrons. The van der Waals surface area contributed by atoms with Gasteiger partial charge in [0.15, 0.2) is 0 Å². The molecule has 0 aliphatic heterocycles. The van der Waals surface area contributed by atoms with E-state index in [1.807, 2.05) is 0 Å². The van der Waals surface area contributed by atoms with Crippen molar-refractivity contribution in [2.24, 2.45) is 5.41 Å².